The number of hydrogen-bond acceptors (Lipinski definition) is 7. The second kappa shape index (κ2) is 8.28. The molecule has 2 aromatic heterocycles. The minimum atomic E-state index is -4.48. The Morgan fingerprint density at radius 3 is 2.68 bits per heavy atom. The van der Waals surface area contributed by atoms with Crippen LogP contribution in [0.5, 0.6) is 0 Å². The molecule has 1 unspecified atom stereocenters. The fourth-order valence-electron chi connectivity index (χ4n) is 3.34. The number of fused-ring (bicyclic) bond motifs is 1. The van der Waals surface area contributed by atoms with Gasteiger partial charge in [-0.3, -0.25) is 0 Å². The first-order valence-corrected chi connectivity index (χ1v) is 12.2. The average Bonchev–Trinajstić information content (AvgIpc) is 3.40. The van der Waals surface area contributed by atoms with Crippen LogP contribution in [0, 0.1) is 0 Å². The van der Waals surface area contributed by atoms with Crippen molar-refractivity contribution in [1.29, 1.82) is 0 Å². The number of alkyl halides is 3. The quantitative estimate of drug-likeness (QED) is 0.368. The molecule has 166 valence electrons. The molecule has 0 amide bonds. The molecule has 1 aliphatic heterocycles. The van der Waals surface area contributed by atoms with Gasteiger partial charge in [0.15, 0.2) is 6.23 Å². The second-order valence-corrected chi connectivity index (χ2v) is 11.0. The number of thiophene rings is 2. The summed E-state index contributed by atoms with van der Waals surface area (Å²) in [7, 11) is -3.85. The fraction of sp³-hybridized carbons (Fsp3) is 0.263. The van der Waals surface area contributed by atoms with Gasteiger partial charge in [0, 0.05) is 28.2 Å². The van der Waals surface area contributed by atoms with Crippen LogP contribution in [0.1, 0.15) is 27.1 Å². The number of aliphatic hydroxyl groups is 1. The predicted octanol–water partition coefficient (Wildman–Crippen LogP) is 4.21. The van der Waals surface area contributed by atoms with Crippen molar-refractivity contribution in [2.45, 2.75) is 30.3 Å². The third-order valence-electron chi connectivity index (χ3n) is 4.93. The highest BCUT2D eigenvalue weighted by Crippen LogP contribution is 2.37. The van der Waals surface area contributed by atoms with E-state index in [9.17, 15) is 26.7 Å². The van der Waals surface area contributed by atoms with E-state index in [0.29, 0.717) is 21.7 Å². The number of nitrogens with zero attached hydrogens (tertiary/aromatic N) is 1. The Labute approximate surface area is 184 Å². The molecule has 12 heteroatoms. The van der Waals surface area contributed by atoms with Crippen molar-refractivity contribution in [3.63, 3.8) is 0 Å². The van der Waals surface area contributed by atoms with Crippen molar-refractivity contribution in [1.82, 2.24) is 9.79 Å². The lowest BCUT2D eigenvalue weighted by Gasteiger charge is -2.25. The Hall–Kier alpha value is -1.80. The van der Waals surface area contributed by atoms with E-state index in [1.54, 1.807) is 11.5 Å². The summed E-state index contributed by atoms with van der Waals surface area (Å²) in [5.41, 5.74) is 2.01. The first kappa shape index (κ1) is 22.4. The van der Waals surface area contributed by atoms with Gasteiger partial charge in [0.25, 0.3) is 0 Å². The van der Waals surface area contributed by atoms with Gasteiger partial charge in [-0.15, -0.1) is 22.7 Å². The molecule has 0 aliphatic carbocycles. The summed E-state index contributed by atoms with van der Waals surface area (Å²) in [4.78, 5) is 1.87. The van der Waals surface area contributed by atoms with Crippen molar-refractivity contribution in [3.05, 3.63) is 62.7 Å². The summed E-state index contributed by atoms with van der Waals surface area (Å²) in [6.07, 6.45) is -5.26. The maximum Gasteiger partial charge on any atom is 0.416 e. The Morgan fingerprint density at radius 2 is 1.97 bits per heavy atom. The summed E-state index contributed by atoms with van der Waals surface area (Å²) in [5, 5.41) is 20.0. The van der Waals surface area contributed by atoms with E-state index < -0.39 is 28.0 Å². The summed E-state index contributed by atoms with van der Waals surface area (Å²) >= 11 is 2.37. The molecule has 1 aliphatic rings. The summed E-state index contributed by atoms with van der Waals surface area (Å²) in [6, 6.07) is 7.82. The normalized spacial score (nSPS) is 16.3. The summed E-state index contributed by atoms with van der Waals surface area (Å²) < 4.78 is 66.5. The van der Waals surface area contributed by atoms with Gasteiger partial charge in [0.1, 0.15) is 0 Å². The number of sulfonamides is 1. The minimum absolute atomic E-state index is 0.0286. The first-order chi connectivity index (χ1) is 14.6. The highest BCUT2D eigenvalue weighted by molar-refractivity contribution is 7.89. The molecule has 1 aromatic carbocycles. The molecule has 3 heterocycles. The standard InChI is InChI=1S/C19H17F3N2O4S3/c20-19(21,22)13-3-1-2-11(6-13)16-8-14(10-29-16)31(27,28)24-5-4-15-12(9-24)7-17(30-15)18(25)23-26/h1-3,6-8,10,18,23,25-26H,4-5,9H2. The van der Waals surface area contributed by atoms with E-state index in [1.807, 2.05) is 0 Å². The van der Waals surface area contributed by atoms with Crippen LogP contribution in [-0.4, -0.2) is 29.6 Å². The van der Waals surface area contributed by atoms with Crippen molar-refractivity contribution in [2.24, 2.45) is 0 Å². The van der Waals surface area contributed by atoms with Gasteiger partial charge >= 0.3 is 6.18 Å². The van der Waals surface area contributed by atoms with Crippen LogP contribution >= 0.6 is 22.7 Å². The molecule has 0 radical (unpaired) electrons. The largest absolute Gasteiger partial charge is 0.416 e. The molecule has 0 saturated carbocycles. The molecule has 3 aromatic rings. The van der Waals surface area contributed by atoms with Crippen molar-refractivity contribution in [3.8, 4) is 10.4 Å². The highest BCUT2D eigenvalue weighted by Gasteiger charge is 2.32. The Bertz CT molecular complexity index is 1200. The van der Waals surface area contributed by atoms with Gasteiger partial charge in [0.05, 0.1) is 15.3 Å². The summed E-state index contributed by atoms with van der Waals surface area (Å²) in [5.74, 6) is 0. The molecule has 31 heavy (non-hydrogen) atoms. The van der Waals surface area contributed by atoms with Crippen LogP contribution in [0.15, 0.2) is 46.7 Å². The number of aliphatic hydroxyl groups excluding tert-OH is 1. The molecule has 0 saturated heterocycles. The topological polar surface area (TPSA) is 89.9 Å². The van der Waals surface area contributed by atoms with E-state index in [4.69, 9.17) is 5.21 Å². The van der Waals surface area contributed by atoms with Crippen molar-refractivity contribution in [2.75, 3.05) is 6.54 Å². The number of hydroxylamine groups is 1. The third-order valence-corrected chi connectivity index (χ3v) is 9.17. The lowest BCUT2D eigenvalue weighted by Crippen LogP contribution is -2.35. The molecule has 0 spiro atoms. The van der Waals surface area contributed by atoms with E-state index in [0.717, 1.165) is 33.9 Å². The maximum absolute atomic E-state index is 13.1. The Balaban J connectivity index is 1.58. The van der Waals surface area contributed by atoms with Crippen LogP contribution in [0.2, 0.25) is 0 Å². The SMILES string of the molecule is O=S(=O)(c1csc(-c2cccc(C(F)(F)F)c2)c1)N1CCc2sc(C(O)NO)cc2C1. The van der Waals surface area contributed by atoms with E-state index >= 15 is 0 Å². The van der Waals surface area contributed by atoms with Crippen LogP contribution in [0.4, 0.5) is 13.2 Å². The van der Waals surface area contributed by atoms with Crippen molar-refractivity contribution >= 4 is 32.7 Å². The number of halogens is 3. The first-order valence-electron chi connectivity index (χ1n) is 9.05. The predicted molar refractivity (Wildman–Crippen MR) is 110 cm³/mol. The zero-order valence-electron chi connectivity index (χ0n) is 15.8. The Kier molecular flexibility index (Phi) is 5.98. The zero-order chi connectivity index (χ0) is 22.4. The number of rotatable bonds is 5. The van der Waals surface area contributed by atoms with E-state index in [-0.39, 0.29) is 18.0 Å². The van der Waals surface area contributed by atoms with Gasteiger partial charge in [-0.25, -0.2) is 8.42 Å². The second-order valence-electron chi connectivity index (χ2n) is 6.94. The summed E-state index contributed by atoms with van der Waals surface area (Å²) in [6.45, 7) is 0.355. The molecule has 1 atom stereocenters. The number of hydrogen-bond donors (Lipinski definition) is 3. The van der Waals surface area contributed by atoms with Gasteiger partial charge in [-0.1, -0.05) is 12.1 Å². The smallest absolute Gasteiger partial charge is 0.371 e. The van der Waals surface area contributed by atoms with Gasteiger partial charge in [-0.05, 0) is 41.8 Å². The molecule has 6 nitrogen and oxygen atoms in total. The van der Waals surface area contributed by atoms with Crippen LogP contribution in [-0.2, 0) is 29.2 Å². The Morgan fingerprint density at radius 1 is 1.19 bits per heavy atom. The maximum atomic E-state index is 13.1. The molecular weight excluding hydrogens is 473 g/mol. The highest BCUT2D eigenvalue weighted by atomic mass is 32.2. The number of nitrogens with one attached hydrogen (secondary N) is 1. The van der Waals surface area contributed by atoms with Crippen LogP contribution < -0.4 is 5.48 Å². The van der Waals surface area contributed by atoms with Gasteiger partial charge in [-0.2, -0.15) is 23.0 Å². The molecule has 3 N–H and O–H groups in total. The fourth-order valence-corrected chi connectivity index (χ4v) is 7.12. The van der Waals surface area contributed by atoms with E-state index in [1.165, 1.54) is 39.2 Å². The molecule has 4 rings (SSSR count). The molecular formula is C19H17F3N2O4S3. The monoisotopic (exact) mass is 490 g/mol. The molecule has 0 bridgehead atoms. The van der Waals surface area contributed by atoms with Gasteiger partial charge < -0.3 is 10.3 Å². The average molecular weight is 491 g/mol. The minimum Gasteiger partial charge on any atom is -0.371 e. The van der Waals surface area contributed by atoms with E-state index in [2.05, 4.69) is 0 Å². The third kappa shape index (κ3) is 4.42. The van der Waals surface area contributed by atoms with Crippen molar-refractivity contribution < 1.29 is 31.9 Å². The lowest BCUT2D eigenvalue weighted by molar-refractivity contribution is -0.137. The van der Waals surface area contributed by atoms with Crippen LogP contribution in [0.25, 0.3) is 10.4 Å². The number of benzene rings is 1. The van der Waals surface area contributed by atoms with Gasteiger partial charge in [0.2, 0.25) is 10.0 Å². The van der Waals surface area contributed by atoms with Crippen LogP contribution in [0.3, 0.4) is 0 Å². The zero-order valence-corrected chi connectivity index (χ0v) is 18.2. The lowest BCUT2D eigenvalue weighted by atomic mass is 10.1. The molecule has 0 fully saturated rings.